The number of hydrogen-bond donors (Lipinski definition) is 0. The van der Waals surface area contributed by atoms with Gasteiger partial charge >= 0.3 is 227 Å². The zero-order valence-electron chi connectivity index (χ0n) is 24.3. The van der Waals surface area contributed by atoms with Crippen molar-refractivity contribution in [1.29, 1.82) is 0 Å². The van der Waals surface area contributed by atoms with E-state index in [0.29, 0.717) is 0 Å². The molecule has 0 atom stereocenters. The van der Waals surface area contributed by atoms with Crippen molar-refractivity contribution in [3.05, 3.63) is 44.6 Å². The molecule has 0 radical (unpaired) electrons. The Morgan fingerprint density at radius 3 is 0.735 bits per heavy atom. The monoisotopic (exact) mass is 686 g/mol. The van der Waals surface area contributed by atoms with Gasteiger partial charge in [0.2, 0.25) is 0 Å². The van der Waals surface area contributed by atoms with Gasteiger partial charge in [0, 0.05) is 0 Å². The molecule has 0 aromatic heterocycles. The molecule has 0 saturated carbocycles. The van der Waals surface area contributed by atoms with Crippen LogP contribution in [0.5, 0.6) is 0 Å². The van der Waals surface area contributed by atoms with E-state index in [0.717, 1.165) is 0 Å². The quantitative estimate of drug-likeness (QED) is 0.0743. The predicted molar refractivity (Wildman–Crippen MR) is 166 cm³/mol. The van der Waals surface area contributed by atoms with Crippen LogP contribution in [-0.4, -0.2) is 36.8 Å². The molecule has 0 fully saturated rings. The molecule has 0 heterocycles. The first-order valence-corrected chi connectivity index (χ1v) is 30.7. The topological polar surface area (TPSA) is 0 Å². The van der Waals surface area contributed by atoms with Gasteiger partial charge in [0.25, 0.3) is 0 Å². The van der Waals surface area contributed by atoms with E-state index in [-0.39, 0.29) is 0 Å². The number of allylic oxidation sites excluding steroid dienone is 6. The molecule has 0 unspecified atom stereocenters. The summed E-state index contributed by atoms with van der Waals surface area (Å²) >= 11 is -4.24. The second-order valence-electron chi connectivity index (χ2n) is 10.8. The van der Waals surface area contributed by atoms with E-state index in [1.165, 1.54) is 77.0 Å². The van der Waals surface area contributed by atoms with E-state index in [9.17, 15) is 0 Å². The van der Waals surface area contributed by atoms with Crippen molar-refractivity contribution in [2.75, 3.05) is 0 Å². The molecule has 0 aliphatic heterocycles. The van der Waals surface area contributed by atoms with Crippen LogP contribution in [0.15, 0.2) is 44.6 Å². The van der Waals surface area contributed by atoms with Crippen LogP contribution in [0.3, 0.4) is 0 Å². The SMILES string of the molecule is CCC[CH2][Sn](/[CH]=C/C=C/C=C/C=[CH]/[Sn]([CH2]CCC)([CH2]CCC)[CH2]CCC)([CH2]CCC)[CH2]CCC. The van der Waals surface area contributed by atoms with Crippen LogP contribution in [0.4, 0.5) is 0 Å². The summed E-state index contributed by atoms with van der Waals surface area (Å²) in [5.74, 6) is 0. The van der Waals surface area contributed by atoms with Crippen molar-refractivity contribution in [3.63, 3.8) is 0 Å². The Morgan fingerprint density at radius 1 is 0.324 bits per heavy atom. The van der Waals surface area contributed by atoms with Gasteiger partial charge in [-0.2, -0.15) is 0 Å². The maximum absolute atomic E-state index is 2.78. The number of unbranched alkanes of at least 4 members (excludes halogenated alkanes) is 6. The average molecular weight is 684 g/mol. The van der Waals surface area contributed by atoms with Crippen LogP contribution in [-0.2, 0) is 0 Å². The van der Waals surface area contributed by atoms with Gasteiger partial charge in [-0.1, -0.05) is 0 Å². The van der Waals surface area contributed by atoms with Crippen LogP contribution in [0.1, 0.15) is 119 Å². The Kier molecular flexibility index (Phi) is 24.3. The van der Waals surface area contributed by atoms with Gasteiger partial charge in [-0.25, -0.2) is 0 Å². The number of hydrogen-bond acceptors (Lipinski definition) is 0. The predicted octanol–water partition coefficient (Wildman–Crippen LogP) is 12.0. The molecule has 34 heavy (non-hydrogen) atoms. The Morgan fingerprint density at radius 2 is 0.529 bits per heavy atom. The molecule has 0 aliphatic rings. The first-order chi connectivity index (χ1) is 16.6. The Bertz CT molecular complexity index is 462. The van der Waals surface area contributed by atoms with Crippen LogP contribution in [0, 0.1) is 0 Å². The van der Waals surface area contributed by atoms with Crippen molar-refractivity contribution < 1.29 is 0 Å². The van der Waals surface area contributed by atoms with E-state index < -0.39 is 36.8 Å². The fraction of sp³-hybridized carbons (Fsp3) is 0.750. The molecule has 0 spiro atoms. The van der Waals surface area contributed by atoms with E-state index >= 15 is 0 Å². The van der Waals surface area contributed by atoms with E-state index in [2.05, 4.69) is 86.2 Å². The molecule has 0 amide bonds. The second kappa shape index (κ2) is 23.9. The van der Waals surface area contributed by atoms with Crippen molar-refractivity contribution >= 4 is 36.8 Å². The minimum atomic E-state index is -2.12. The maximum atomic E-state index is 2.78. The third-order valence-electron chi connectivity index (χ3n) is 7.62. The van der Waals surface area contributed by atoms with E-state index in [4.69, 9.17) is 0 Å². The van der Waals surface area contributed by atoms with Gasteiger partial charge in [0.1, 0.15) is 0 Å². The van der Waals surface area contributed by atoms with Gasteiger partial charge in [0.05, 0.1) is 0 Å². The van der Waals surface area contributed by atoms with Crippen LogP contribution in [0.2, 0.25) is 26.6 Å². The molecular weight excluding hydrogens is 622 g/mol. The Balaban J connectivity index is 5.22. The fourth-order valence-corrected chi connectivity index (χ4v) is 33.4. The summed E-state index contributed by atoms with van der Waals surface area (Å²) in [5, 5.41) is 0. The van der Waals surface area contributed by atoms with Crippen molar-refractivity contribution in [2.45, 2.75) is 145 Å². The molecule has 0 nitrogen and oxygen atoms in total. The van der Waals surface area contributed by atoms with Crippen LogP contribution < -0.4 is 0 Å². The van der Waals surface area contributed by atoms with E-state index in [1.807, 2.05) is 0 Å². The second-order valence-corrected chi connectivity index (χ2v) is 36.9. The van der Waals surface area contributed by atoms with E-state index in [1.54, 1.807) is 26.6 Å². The van der Waals surface area contributed by atoms with Gasteiger partial charge < -0.3 is 0 Å². The van der Waals surface area contributed by atoms with Gasteiger partial charge in [-0.3, -0.25) is 0 Å². The third-order valence-corrected chi connectivity index (χ3v) is 35.9. The molecule has 0 aromatic rings. The first-order valence-electron chi connectivity index (χ1n) is 15.3. The normalized spacial score (nSPS) is 13.5. The summed E-state index contributed by atoms with van der Waals surface area (Å²) in [6.45, 7) is 14.2. The molecular formula is C32H62Sn2. The van der Waals surface area contributed by atoms with Crippen molar-refractivity contribution in [1.82, 2.24) is 0 Å². The Hall–Kier alpha value is 0.557. The zero-order chi connectivity index (χ0) is 25.4. The summed E-state index contributed by atoms with van der Waals surface area (Å²) < 4.78 is 14.9. The summed E-state index contributed by atoms with van der Waals surface area (Å²) in [6.07, 6.45) is 30.9. The van der Waals surface area contributed by atoms with Crippen molar-refractivity contribution in [2.24, 2.45) is 0 Å². The standard InChI is InChI=1S/C8H8.6C4H9.2Sn/c1-3-5-7-8-6-4-2;6*1-3-4-2;;/h1-8H;6*1,3-4H2,2H3;;/b3-1?,4-2?,7-5+,8-6+;;;;;;;;. The number of rotatable bonds is 23. The average Bonchev–Trinajstić information content (AvgIpc) is 2.86. The first kappa shape index (κ1) is 34.6. The van der Waals surface area contributed by atoms with Crippen LogP contribution in [0.25, 0.3) is 0 Å². The summed E-state index contributed by atoms with van der Waals surface area (Å²) in [4.78, 5) is 0. The molecule has 0 N–H and O–H groups in total. The van der Waals surface area contributed by atoms with Gasteiger partial charge in [-0.15, -0.1) is 0 Å². The Labute approximate surface area is 225 Å². The van der Waals surface area contributed by atoms with Gasteiger partial charge in [0.15, 0.2) is 0 Å². The fourth-order valence-electron chi connectivity index (χ4n) is 5.20. The summed E-state index contributed by atoms with van der Waals surface area (Å²) in [5.41, 5.74) is 0. The molecule has 2 heteroatoms. The molecule has 0 saturated heterocycles. The molecule has 0 aromatic carbocycles. The molecule has 0 aliphatic carbocycles. The third kappa shape index (κ3) is 17.1. The molecule has 0 rings (SSSR count). The zero-order valence-corrected chi connectivity index (χ0v) is 30.1. The molecule has 198 valence electrons. The van der Waals surface area contributed by atoms with Crippen molar-refractivity contribution in [3.8, 4) is 0 Å². The van der Waals surface area contributed by atoms with Crippen LogP contribution >= 0.6 is 0 Å². The minimum absolute atomic E-state index is 1.36. The summed E-state index contributed by atoms with van der Waals surface area (Å²) in [6, 6.07) is 0. The molecule has 0 bridgehead atoms. The van der Waals surface area contributed by atoms with Gasteiger partial charge in [-0.05, 0) is 0 Å². The summed E-state index contributed by atoms with van der Waals surface area (Å²) in [7, 11) is 0.